The van der Waals surface area contributed by atoms with Crippen molar-refractivity contribution in [1.82, 2.24) is 0 Å². The second kappa shape index (κ2) is 7.29. The van der Waals surface area contributed by atoms with E-state index >= 15 is 0 Å². The summed E-state index contributed by atoms with van der Waals surface area (Å²) in [5.74, 6) is 0. The van der Waals surface area contributed by atoms with Gasteiger partial charge in [0.1, 0.15) is 0 Å². The van der Waals surface area contributed by atoms with E-state index in [0.29, 0.717) is 0 Å². The SMILES string of the molecule is CCCC[Se]C(C#N)(c1ccccc1)c1ccccc1. The van der Waals surface area contributed by atoms with Crippen molar-refractivity contribution in [2.45, 2.75) is 29.4 Å². The predicted molar refractivity (Wildman–Crippen MR) is 84.7 cm³/mol. The molecule has 0 N–H and O–H groups in total. The van der Waals surface area contributed by atoms with Crippen molar-refractivity contribution in [2.24, 2.45) is 0 Å². The molecule has 0 bridgehead atoms. The van der Waals surface area contributed by atoms with Crippen molar-refractivity contribution in [3.05, 3.63) is 71.8 Å². The van der Waals surface area contributed by atoms with E-state index in [-0.39, 0.29) is 15.0 Å². The van der Waals surface area contributed by atoms with Gasteiger partial charge >= 0.3 is 127 Å². The molecular weight excluding hydrogens is 309 g/mol. The summed E-state index contributed by atoms with van der Waals surface area (Å²) in [5, 5.41) is 11.1. The van der Waals surface area contributed by atoms with Crippen LogP contribution in [0.3, 0.4) is 0 Å². The molecule has 0 radical (unpaired) electrons. The second-order valence-electron chi connectivity index (χ2n) is 4.73. The van der Waals surface area contributed by atoms with Gasteiger partial charge in [0.2, 0.25) is 0 Å². The van der Waals surface area contributed by atoms with Crippen molar-refractivity contribution in [3.8, 4) is 6.07 Å². The molecule has 0 heterocycles. The maximum absolute atomic E-state index is 9.95. The van der Waals surface area contributed by atoms with E-state index in [2.05, 4.69) is 37.3 Å². The summed E-state index contributed by atoms with van der Waals surface area (Å²) in [4.78, 5) is 0. The van der Waals surface area contributed by atoms with Crippen LogP contribution >= 0.6 is 0 Å². The molecule has 0 saturated carbocycles. The van der Waals surface area contributed by atoms with Gasteiger partial charge in [-0.25, -0.2) is 0 Å². The van der Waals surface area contributed by atoms with Gasteiger partial charge in [0.05, 0.1) is 0 Å². The Morgan fingerprint density at radius 1 is 0.950 bits per heavy atom. The van der Waals surface area contributed by atoms with Crippen molar-refractivity contribution in [3.63, 3.8) is 0 Å². The molecule has 2 aromatic carbocycles. The van der Waals surface area contributed by atoms with Crippen LogP contribution in [0.2, 0.25) is 5.32 Å². The number of nitrogens with zero attached hydrogens (tertiary/aromatic N) is 1. The zero-order valence-electron chi connectivity index (χ0n) is 11.8. The van der Waals surface area contributed by atoms with Crippen LogP contribution in [0.1, 0.15) is 30.9 Å². The van der Waals surface area contributed by atoms with Gasteiger partial charge in [-0.3, -0.25) is 0 Å². The molecule has 0 unspecified atom stereocenters. The summed E-state index contributed by atoms with van der Waals surface area (Å²) in [6.07, 6.45) is 2.38. The second-order valence-corrected chi connectivity index (χ2v) is 7.47. The molecule has 102 valence electrons. The quantitative estimate of drug-likeness (QED) is 0.570. The number of rotatable bonds is 6. The Morgan fingerprint density at radius 2 is 1.45 bits per heavy atom. The van der Waals surface area contributed by atoms with Gasteiger partial charge in [-0.05, 0) is 0 Å². The molecule has 0 atom stereocenters. The Bertz CT molecular complexity index is 517. The zero-order valence-corrected chi connectivity index (χ0v) is 13.5. The van der Waals surface area contributed by atoms with E-state index in [1.807, 2.05) is 36.4 Å². The van der Waals surface area contributed by atoms with Crippen molar-refractivity contribution in [1.29, 1.82) is 5.26 Å². The summed E-state index contributed by atoms with van der Waals surface area (Å²) < 4.78 is -0.454. The predicted octanol–water partition coefficient (Wildman–Crippen LogP) is 4.38. The fraction of sp³-hybridized carbons (Fsp3) is 0.278. The van der Waals surface area contributed by atoms with Crippen LogP contribution in [0.15, 0.2) is 60.7 Å². The first-order chi connectivity index (χ1) is 9.83. The molecule has 0 aliphatic rings. The number of benzene rings is 2. The van der Waals surface area contributed by atoms with E-state index in [4.69, 9.17) is 0 Å². The Balaban J connectivity index is 2.45. The monoisotopic (exact) mass is 329 g/mol. The van der Waals surface area contributed by atoms with Crippen LogP contribution in [0.5, 0.6) is 0 Å². The molecule has 2 rings (SSSR count). The van der Waals surface area contributed by atoms with Gasteiger partial charge in [-0.1, -0.05) is 0 Å². The zero-order chi connectivity index (χ0) is 14.3. The van der Waals surface area contributed by atoms with Crippen LogP contribution in [-0.4, -0.2) is 15.0 Å². The van der Waals surface area contributed by atoms with Gasteiger partial charge in [0.25, 0.3) is 0 Å². The molecule has 0 aliphatic carbocycles. The molecule has 0 fully saturated rings. The Morgan fingerprint density at radius 3 is 1.85 bits per heavy atom. The first-order valence-corrected chi connectivity index (χ1v) is 9.06. The van der Waals surface area contributed by atoms with Crippen molar-refractivity contribution >= 4 is 15.0 Å². The Hall–Kier alpha value is -1.55. The topological polar surface area (TPSA) is 23.8 Å². The molecule has 20 heavy (non-hydrogen) atoms. The van der Waals surface area contributed by atoms with Gasteiger partial charge in [-0.2, -0.15) is 0 Å². The molecule has 0 spiro atoms. The molecule has 2 aromatic rings. The molecule has 0 aromatic heterocycles. The van der Waals surface area contributed by atoms with E-state index < -0.39 is 4.31 Å². The molecule has 1 nitrogen and oxygen atoms in total. The van der Waals surface area contributed by atoms with Gasteiger partial charge < -0.3 is 0 Å². The first kappa shape index (κ1) is 14.9. The number of hydrogen-bond donors (Lipinski definition) is 0. The minimum absolute atomic E-state index is 0.237. The van der Waals surface area contributed by atoms with E-state index in [1.165, 1.54) is 12.8 Å². The first-order valence-electron chi connectivity index (χ1n) is 6.99. The molecule has 0 amide bonds. The van der Waals surface area contributed by atoms with Crippen LogP contribution in [0, 0.1) is 11.3 Å². The number of unbranched alkanes of at least 4 members (excludes halogenated alkanes) is 1. The summed E-state index contributed by atoms with van der Waals surface area (Å²) in [6, 6.07) is 23.1. The normalized spacial score (nSPS) is 11.0. The Labute approximate surface area is 127 Å². The van der Waals surface area contributed by atoms with Gasteiger partial charge in [0, 0.05) is 0 Å². The summed E-state index contributed by atoms with van der Waals surface area (Å²) in [5.41, 5.74) is 2.26. The fourth-order valence-corrected chi connectivity index (χ4v) is 5.17. The Kier molecular flexibility index (Phi) is 5.41. The van der Waals surface area contributed by atoms with Crippen LogP contribution < -0.4 is 0 Å². The summed E-state index contributed by atoms with van der Waals surface area (Å²) in [6.45, 7) is 2.20. The summed E-state index contributed by atoms with van der Waals surface area (Å²) >= 11 is 0.237. The fourth-order valence-electron chi connectivity index (χ4n) is 2.21. The maximum atomic E-state index is 9.95. The third kappa shape index (κ3) is 3.12. The van der Waals surface area contributed by atoms with Crippen LogP contribution in [0.4, 0.5) is 0 Å². The standard InChI is InChI=1S/C18H19NSe/c1-2-3-14-20-18(15-19,16-10-6-4-7-11-16)17-12-8-5-9-13-17/h4-13H,2-3,14H2,1H3. The molecule has 0 saturated heterocycles. The van der Waals surface area contributed by atoms with Gasteiger partial charge in [-0.15, -0.1) is 0 Å². The summed E-state index contributed by atoms with van der Waals surface area (Å²) in [7, 11) is 0. The molecular formula is C18H19NSe. The number of nitriles is 1. The molecule has 0 aliphatic heterocycles. The van der Waals surface area contributed by atoms with Crippen molar-refractivity contribution < 1.29 is 0 Å². The van der Waals surface area contributed by atoms with E-state index in [1.54, 1.807) is 0 Å². The third-order valence-electron chi connectivity index (χ3n) is 3.33. The minimum atomic E-state index is -0.454. The average Bonchev–Trinajstić information content (AvgIpc) is 2.54. The average molecular weight is 328 g/mol. The third-order valence-corrected chi connectivity index (χ3v) is 6.46. The van der Waals surface area contributed by atoms with E-state index in [9.17, 15) is 5.26 Å². The van der Waals surface area contributed by atoms with Crippen molar-refractivity contribution in [2.75, 3.05) is 0 Å². The van der Waals surface area contributed by atoms with Crippen LogP contribution in [0.25, 0.3) is 0 Å². The van der Waals surface area contributed by atoms with E-state index in [0.717, 1.165) is 16.4 Å². The van der Waals surface area contributed by atoms with Gasteiger partial charge in [0.15, 0.2) is 0 Å². The number of hydrogen-bond acceptors (Lipinski definition) is 1. The van der Waals surface area contributed by atoms with Crippen LogP contribution in [-0.2, 0) is 4.31 Å². The molecule has 2 heteroatoms.